The van der Waals surface area contributed by atoms with Gasteiger partial charge in [0.2, 0.25) is 0 Å². The van der Waals surface area contributed by atoms with Gasteiger partial charge in [0.05, 0.1) is 10.6 Å². The molecule has 0 atom stereocenters. The first kappa shape index (κ1) is 21.3. The molecule has 1 aromatic heterocycles. The highest BCUT2D eigenvalue weighted by Crippen LogP contribution is 2.18. The van der Waals surface area contributed by atoms with E-state index in [0.717, 1.165) is 50.0 Å². The van der Waals surface area contributed by atoms with Crippen LogP contribution in [0.5, 0.6) is 0 Å². The molecule has 0 bridgehead atoms. The van der Waals surface area contributed by atoms with Gasteiger partial charge in [0.15, 0.2) is 0 Å². The van der Waals surface area contributed by atoms with Crippen LogP contribution in [0.2, 0.25) is 0 Å². The third kappa shape index (κ3) is 6.06. The lowest BCUT2D eigenvalue weighted by atomic mass is 10.1. The molecule has 0 N–H and O–H groups in total. The highest BCUT2D eigenvalue weighted by molar-refractivity contribution is 7.99. The molecule has 6 heteroatoms. The van der Waals surface area contributed by atoms with Crippen LogP contribution in [0, 0.1) is 0 Å². The fraction of sp³-hybridized carbons (Fsp3) is 0.500. The molecule has 0 radical (unpaired) electrons. The average Bonchev–Trinajstić information content (AvgIpc) is 2.81. The zero-order valence-electron chi connectivity index (χ0n) is 17.7. The summed E-state index contributed by atoms with van der Waals surface area (Å²) in [4.78, 5) is 24.3. The second-order valence-corrected chi connectivity index (χ2v) is 9.31. The number of benzene rings is 1. The van der Waals surface area contributed by atoms with Crippen molar-refractivity contribution in [3.8, 4) is 0 Å². The van der Waals surface area contributed by atoms with Crippen LogP contribution in [0.25, 0.3) is 0 Å². The van der Waals surface area contributed by atoms with Crippen molar-refractivity contribution in [2.45, 2.75) is 30.8 Å². The molecular formula is C24H32N4OS. The van der Waals surface area contributed by atoms with Crippen LogP contribution in [0.3, 0.4) is 0 Å². The van der Waals surface area contributed by atoms with E-state index in [0.29, 0.717) is 5.56 Å². The molecule has 160 valence electrons. The van der Waals surface area contributed by atoms with Crippen LogP contribution in [0.4, 0.5) is 0 Å². The van der Waals surface area contributed by atoms with E-state index in [1.165, 1.54) is 37.9 Å². The number of hydrogen-bond donors (Lipinski definition) is 0. The Kier molecular flexibility index (Phi) is 7.78. The van der Waals surface area contributed by atoms with E-state index >= 15 is 0 Å². The fourth-order valence-electron chi connectivity index (χ4n) is 4.19. The van der Waals surface area contributed by atoms with Crippen molar-refractivity contribution in [1.29, 1.82) is 0 Å². The smallest absolute Gasteiger partial charge is 0.255 e. The van der Waals surface area contributed by atoms with Gasteiger partial charge in [0.1, 0.15) is 0 Å². The van der Waals surface area contributed by atoms with Gasteiger partial charge < -0.3 is 9.80 Å². The molecule has 3 heterocycles. The number of hydrogen-bond acceptors (Lipinski definition) is 5. The molecule has 30 heavy (non-hydrogen) atoms. The molecule has 2 aromatic rings. The van der Waals surface area contributed by atoms with E-state index in [2.05, 4.69) is 39.0 Å². The monoisotopic (exact) mass is 424 g/mol. The number of aromatic nitrogens is 1. The summed E-state index contributed by atoms with van der Waals surface area (Å²) in [6.07, 6.45) is 5.80. The largest absolute Gasteiger partial charge is 0.336 e. The van der Waals surface area contributed by atoms with Gasteiger partial charge in [-0.05, 0) is 43.6 Å². The molecule has 0 spiro atoms. The molecule has 0 saturated carbocycles. The zero-order chi connectivity index (χ0) is 20.6. The number of rotatable bonds is 7. The van der Waals surface area contributed by atoms with Crippen molar-refractivity contribution >= 4 is 17.7 Å². The molecular weight excluding hydrogens is 392 g/mol. The number of carbonyl (C=O) groups excluding carboxylic acids is 1. The third-order valence-corrected chi connectivity index (χ3v) is 6.92. The summed E-state index contributed by atoms with van der Waals surface area (Å²) in [5, 5.41) is 1.01. The number of nitrogens with zero attached hydrogens (tertiary/aromatic N) is 4. The van der Waals surface area contributed by atoms with Crippen LogP contribution in [-0.2, 0) is 6.54 Å². The third-order valence-electron chi connectivity index (χ3n) is 6.00. The molecule has 5 nitrogen and oxygen atoms in total. The molecule has 2 fully saturated rings. The summed E-state index contributed by atoms with van der Waals surface area (Å²) in [6, 6.07) is 14.5. The van der Waals surface area contributed by atoms with Gasteiger partial charge in [-0.3, -0.25) is 9.69 Å². The van der Waals surface area contributed by atoms with Gasteiger partial charge in [-0.1, -0.05) is 36.8 Å². The average molecular weight is 425 g/mol. The SMILES string of the molecule is O=C(c1ccc(SCCN2CCCCC2)nc1)N1CCN(Cc2ccccc2)CC1. The van der Waals surface area contributed by atoms with Crippen LogP contribution in [-0.4, -0.2) is 77.2 Å². The van der Waals surface area contributed by atoms with Crippen molar-refractivity contribution in [3.63, 3.8) is 0 Å². The minimum absolute atomic E-state index is 0.103. The Balaban J connectivity index is 1.21. The Morgan fingerprint density at radius 3 is 2.33 bits per heavy atom. The molecule has 4 rings (SSSR count). The quantitative estimate of drug-likeness (QED) is 0.635. The standard InChI is InChI=1S/C24H32N4OS/c29-24(28-15-13-27(14-16-28)20-21-7-3-1-4-8-21)22-9-10-23(25-19-22)30-18-17-26-11-5-2-6-12-26/h1,3-4,7-10,19H,2,5-6,11-18,20H2. The Morgan fingerprint density at radius 1 is 0.867 bits per heavy atom. The summed E-state index contributed by atoms with van der Waals surface area (Å²) in [7, 11) is 0. The van der Waals surface area contributed by atoms with E-state index in [4.69, 9.17) is 0 Å². The van der Waals surface area contributed by atoms with Crippen molar-refractivity contribution in [1.82, 2.24) is 19.7 Å². The van der Waals surface area contributed by atoms with Crippen LogP contribution in [0.15, 0.2) is 53.7 Å². The lowest BCUT2D eigenvalue weighted by molar-refractivity contribution is 0.0628. The Labute approximate surface area is 184 Å². The Morgan fingerprint density at radius 2 is 1.63 bits per heavy atom. The van der Waals surface area contributed by atoms with E-state index in [1.807, 2.05) is 23.1 Å². The number of piperazine rings is 1. The van der Waals surface area contributed by atoms with E-state index < -0.39 is 0 Å². The number of likely N-dealkylation sites (tertiary alicyclic amines) is 1. The van der Waals surface area contributed by atoms with Gasteiger partial charge in [0.25, 0.3) is 5.91 Å². The highest BCUT2D eigenvalue weighted by Gasteiger charge is 2.22. The van der Waals surface area contributed by atoms with E-state index in [-0.39, 0.29) is 5.91 Å². The summed E-state index contributed by atoms with van der Waals surface area (Å²) in [6.45, 7) is 7.93. The summed E-state index contributed by atoms with van der Waals surface area (Å²) in [5.41, 5.74) is 2.03. The van der Waals surface area contributed by atoms with Gasteiger partial charge in [-0.2, -0.15) is 0 Å². The number of carbonyl (C=O) groups is 1. The zero-order valence-corrected chi connectivity index (χ0v) is 18.5. The number of pyridine rings is 1. The van der Waals surface area contributed by atoms with Crippen LogP contribution < -0.4 is 0 Å². The maximum absolute atomic E-state index is 12.9. The molecule has 2 aliphatic heterocycles. The normalized spacial score (nSPS) is 18.5. The summed E-state index contributed by atoms with van der Waals surface area (Å²) < 4.78 is 0. The topological polar surface area (TPSA) is 39.7 Å². The first-order chi connectivity index (χ1) is 14.8. The Bertz CT molecular complexity index is 785. The Hall–Kier alpha value is -1.89. The van der Waals surface area contributed by atoms with Gasteiger partial charge >= 0.3 is 0 Å². The summed E-state index contributed by atoms with van der Waals surface area (Å²) in [5.74, 6) is 1.16. The molecule has 2 saturated heterocycles. The summed E-state index contributed by atoms with van der Waals surface area (Å²) >= 11 is 1.79. The number of thioether (sulfide) groups is 1. The first-order valence-electron chi connectivity index (χ1n) is 11.1. The van der Waals surface area contributed by atoms with Gasteiger partial charge in [0, 0.05) is 51.2 Å². The fourth-order valence-corrected chi connectivity index (χ4v) is 5.04. The van der Waals surface area contributed by atoms with E-state index in [9.17, 15) is 4.79 Å². The van der Waals surface area contributed by atoms with Crippen molar-refractivity contribution in [2.24, 2.45) is 0 Å². The molecule has 1 aromatic carbocycles. The minimum Gasteiger partial charge on any atom is -0.336 e. The molecule has 0 unspecified atom stereocenters. The number of amides is 1. The number of piperidine rings is 1. The predicted octanol–water partition coefficient (Wildman–Crippen LogP) is 3.62. The second kappa shape index (κ2) is 10.9. The van der Waals surface area contributed by atoms with Crippen LogP contribution >= 0.6 is 11.8 Å². The lowest BCUT2D eigenvalue weighted by Crippen LogP contribution is -2.48. The molecule has 2 aliphatic rings. The maximum atomic E-state index is 12.9. The predicted molar refractivity (Wildman–Crippen MR) is 123 cm³/mol. The second-order valence-electron chi connectivity index (χ2n) is 8.19. The minimum atomic E-state index is 0.103. The van der Waals surface area contributed by atoms with Gasteiger partial charge in [-0.25, -0.2) is 4.98 Å². The first-order valence-corrected chi connectivity index (χ1v) is 12.1. The van der Waals surface area contributed by atoms with Crippen LogP contribution in [0.1, 0.15) is 35.2 Å². The lowest BCUT2D eigenvalue weighted by Gasteiger charge is -2.34. The van der Waals surface area contributed by atoms with E-state index in [1.54, 1.807) is 18.0 Å². The molecule has 0 aliphatic carbocycles. The molecule has 1 amide bonds. The maximum Gasteiger partial charge on any atom is 0.255 e. The van der Waals surface area contributed by atoms with Crippen molar-refractivity contribution in [3.05, 3.63) is 59.8 Å². The van der Waals surface area contributed by atoms with Crippen molar-refractivity contribution in [2.75, 3.05) is 51.6 Å². The van der Waals surface area contributed by atoms with Crippen molar-refractivity contribution < 1.29 is 4.79 Å². The highest BCUT2D eigenvalue weighted by atomic mass is 32.2. The van der Waals surface area contributed by atoms with Gasteiger partial charge in [-0.15, -0.1) is 11.8 Å².